The number of nitrogens with zero attached hydrogens (tertiary/aromatic N) is 1. The Morgan fingerprint density at radius 2 is 2.05 bits per heavy atom. The van der Waals surface area contributed by atoms with Gasteiger partial charge in [0.2, 0.25) is 10.0 Å². The maximum absolute atomic E-state index is 12.6. The second-order valence-corrected chi connectivity index (χ2v) is 6.50. The summed E-state index contributed by atoms with van der Waals surface area (Å²) in [4.78, 5) is 11.3. The highest BCUT2D eigenvalue weighted by Gasteiger charge is 2.25. The molecule has 7 heteroatoms. The van der Waals surface area contributed by atoms with Crippen LogP contribution in [0.4, 0.5) is 0 Å². The number of carbonyl (C=O) groups is 1. The van der Waals surface area contributed by atoms with Crippen molar-refractivity contribution in [3.05, 3.63) is 28.8 Å². The molecule has 0 spiro atoms. The van der Waals surface area contributed by atoms with Gasteiger partial charge in [0, 0.05) is 18.1 Å². The van der Waals surface area contributed by atoms with E-state index in [1.807, 2.05) is 0 Å². The number of carbonyl (C=O) groups excluding carboxylic acids is 1. The summed E-state index contributed by atoms with van der Waals surface area (Å²) in [5.74, 6) is -0.443. The number of benzene rings is 1. The van der Waals surface area contributed by atoms with Crippen LogP contribution >= 0.6 is 11.6 Å². The predicted molar refractivity (Wildman–Crippen MR) is 77.3 cm³/mol. The number of sulfonamides is 1. The molecule has 0 saturated carbocycles. The third-order valence-electron chi connectivity index (χ3n) is 2.98. The molecule has 0 atom stereocenters. The minimum absolute atomic E-state index is 0.0170. The third kappa shape index (κ3) is 3.71. The van der Waals surface area contributed by atoms with Gasteiger partial charge in [0.25, 0.3) is 0 Å². The predicted octanol–water partition coefficient (Wildman–Crippen LogP) is 2.22. The number of rotatable bonds is 6. The number of esters is 1. The van der Waals surface area contributed by atoms with Crippen LogP contribution in [0.2, 0.25) is 5.02 Å². The van der Waals surface area contributed by atoms with Gasteiger partial charge in [0.1, 0.15) is 0 Å². The quantitative estimate of drug-likeness (QED) is 0.754. The lowest BCUT2D eigenvalue weighted by Gasteiger charge is -2.21. The Kier molecular flexibility index (Phi) is 5.98. The largest absolute Gasteiger partial charge is 0.469 e. The van der Waals surface area contributed by atoms with Crippen molar-refractivity contribution in [1.82, 2.24) is 4.31 Å². The van der Waals surface area contributed by atoms with Crippen LogP contribution in [0.3, 0.4) is 0 Å². The number of halogens is 1. The van der Waals surface area contributed by atoms with Crippen molar-refractivity contribution in [3.8, 4) is 0 Å². The van der Waals surface area contributed by atoms with Crippen LogP contribution in [-0.2, 0) is 19.6 Å². The van der Waals surface area contributed by atoms with Crippen LogP contribution in [0.15, 0.2) is 23.1 Å². The lowest BCUT2D eigenvalue weighted by Crippen LogP contribution is -2.33. The first-order chi connectivity index (χ1) is 9.34. The zero-order valence-corrected chi connectivity index (χ0v) is 13.3. The van der Waals surface area contributed by atoms with Gasteiger partial charge in [-0.1, -0.05) is 24.6 Å². The van der Waals surface area contributed by atoms with Gasteiger partial charge in [0.15, 0.2) is 0 Å². The van der Waals surface area contributed by atoms with E-state index in [-0.39, 0.29) is 24.4 Å². The van der Waals surface area contributed by atoms with Gasteiger partial charge in [-0.15, -0.1) is 0 Å². The molecule has 0 aromatic heterocycles. The number of ether oxygens (including phenoxy) is 1. The Labute approximate surface area is 124 Å². The fourth-order valence-electron chi connectivity index (χ4n) is 1.77. The monoisotopic (exact) mass is 319 g/mol. The van der Waals surface area contributed by atoms with E-state index in [0.717, 1.165) is 0 Å². The molecule has 0 saturated heterocycles. The highest BCUT2D eigenvalue weighted by molar-refractivity contribution is 7.89. The van der Waals surface area contributed by atoms with Gasteiger partial charge in [0.05, 0.1) is 18.4 Å². The molecule has 112 valence electrons. The molecule has 0 aliphatic rings. The number of hydrogen-bond donors (Lipinski definition) is 0. The maximum Gasteiger partial charge on any atom is 0.306 e. The first-order valence-electron chi connectivity index (χ1n) is 6.16. The van der Waals surface area contributed by atoms with Crippen LogP contribution in [0.5, 0.6) is 0 Å². The van der Waals surface area contributed by atoms with Crippen molar-refractivity contribution < 1.29 is 17.9 Å². The van der Waals surface area contributed by atoms with Crippen molar-refractivity contribution in [2.45, 2.75) is 25.2 Å². The first-order valence-corrected chi connectivity index (χ1v) is 7.98. The average Bonchev–Trinajstić information content (AvgIpc) is 2.41. The molecular formula is C13H18ClNO4S. The molecule has 0 radical (unpaired) electrons. The first kappa shape index (κ1) is 16.9. The lowest BCUT2D eigenvalue weighted by atomic mass is 10.2. The molecule has 0 amide bonds. The molecule has 20 heavy (non-hydrogen) atoms. The van der Waals surface area contributed by atoms with E-state index in [2.05, 4.69) is 4.74 Å². The summed E-state index contributed by atoms with van der Waals surface area (Å²) in [5, 5.41) is 0.398. The van der Waals surface area contributed by atoms with Gasteiger partial charge in [-0.3, -0.25) is 4.79 Å². The molecule has 0 heterocycles. The van der Waals surface area contributed by atoms with Crippen molar-refractivity contribution in [1.29, 1.82) is 0 Å². The van der Waals surface area contributed by atoms with E-state index in [9.17, 15) is 13.2 Å². The van der Waals surface area contributed by atoms with Gasteiger partial charge in [-0.05, 0) is 24.6 Å². The van der Waals surface area contributed by atoms with Crippen LogP contribution in [0, 0.1) is 6.92 Å². The third-order valence-corrected chi connectivity index (χ3v) is 5.51. The molecule has 1 aromatic rings. The highest BCUT2D eigenvalue weighted by atomic mass is 35.5. The second-order valence-electron chi connectivity index (χ2n) is 4.19. The van der Waals surface area contributed by atoms with Crippen LogP contribution < -0.4 is 0 Å². The SMILES string of the molecule is CCN(CCC(=O)OC)S(=O)(=O)c1cccc(Cl)c1C. The van der Waals surface area contributed by atoms with Crippen LogP contribution in [-0.4, -0.2) is 38.9 Å². The van der Waals surface area contributed by atoms with Gasteiger partial charge < -0.3 is 4.74 Å². The molecule has 5 nitrogen and oxygen atoms in total. The van der Waals surface area contributed by atoms with Crippen molar-refractivity contribution in [2.75, 3.05) is 20.2 Å². The Morgan fingerprint density at radius 3 is 2.60 bits per heavy atom. The maximum atomic E-state index is 12.6. The van der Waals surface area contributed by atoms with Gasteiger partial charge in [-0.25, -0.2) is 8.42 Å². The summed E-state index contributed by atoms with van der Waals surface area (Å²) >= 11 is 5.96. The standard InChI is InChI=1S/C13H18ClNO4S/c1-4-15(9-8-13(16)19-3)20(17,18)12-7-5-6-11(14)10(12)2/h5-7H,4,8-9H2,1-3H3. The Bertz CT molecular complexity index is 586. The average molecular weight is 320 g/mol. The molecule has 0 fully saturated rings. The second kappa shape index (κ2) is 7.06. The van der Waals surface area contributed by atoms with E-state index in [1.165, 1.54) is 17.5 Å². The van der Waals surface area contributed by atoms with Crippen LogP contribution in [0.25, 0.3) is 0 Å². The normalized spacial score (nSPS) is 11.7. The summed E-state index contributed by atoms with van der Waals surface area (Å²) < 4.78 is 30.9. The van der Waals surface area contributed by atoms with Crippen molar-refractivity contribution in [2.24, 2.45) is 0 Å². The van der Waals surface area contributed by atoms with Crippen molar-refractivity contribution in [3.63, 3.8) is 0 Å². The fraction of sp³-hybridized carbons (Fsp3) is 0.462. The van der Waals surface area contributed by atoms with E-state index in [4.69, 9.17) is 11.6 Å². The van der Waals surface area contributed by atoms with E-state index in [0.29, 0.717) is 10.6 Å². The Morgan fingerprint density at radius 1 is 1.40 bits per heavy atom. The minimum Gasteiger partial charge on any atom is -0.469 e. The molecule has 1 rings (SSSR count). The van der Waals surface area contributed by atoms with Crippen LogP contribution in [0.1, 0.15) is 18.9 Å². The Balaban J connectivity index is 3.06. The summed E-state index contributed by atoms with van der Waals surface area (Å²) in [5.41, 5.74) is 0.505. The van der Waals surface area contributed by atoms with E-state index >= 15 is 0 Å². The summed E-state index contributed by atoms with van der Waals surface area (Å²) in [6, 6.07) is 4.74. The molecular weight excluding hydrogens is 302 g/mol. The summed E-state index contributed by atoms with van der Waals surface area (Å²) in [7, 11) is -2.40. The summed E-state index contributed by atoms with van der Waals surface area (Å²) in [6.07, 6.45) is 0.0170. The topological polar surface area (TPSA) is 63.7 Å². The molecule has 0 unspecified atom stereocenters. The van der Waals surface area contributed by atoms with Crippen molar-refractivity contribution >= 4 is 27.6 Å². The minimum atomic E-state index is -3.67. The number of methoxy groups -OCH3 is 1. The number of hydrogen-bond acceptors (Lipinski definition) is 4. The summed E-state index contributed by atoms with van der Waals surface area (Å²) in [6.45, 7) is 3.72. The van der Waals surface area contributed by atoms with Gasteiger partial charge in [-0.2, -0.15) is 4.31 Å². The molecule has 1 aromatic carbocycles. The Hall–Kier alpha value is -1.11. The molecule has 0 aliphatic heterocycles. The van der Waals surface area contributed by atoms with Gasteiger partial charge >= 0.3 is 5.97 Å². The molecule has 0 aliphatic carbocycles. The van der Waals surface area contributed by atoms with E-state index in [1.54, 1.807) is 26.0 Å². The fourth-order valence-corrected chi connectivity index (χ4v) is 3.70. The molecule has 0 N–H and O–H groups in total. The smallest absolute Gasteiger partial charge is 0.306 e. The van der Waals surface area contributed by atoms with E-state index < -0.39 is 16.0 Å². The highest BCUT2D eigenvalue weighted by Crippen LogP contribution is 2.25. The zero-order valence-electron chi connectivity index (χ0n) is 11.7. The zero-order chi connectivity index (χ0) is 15.3. The molecule has 0 bridgehead atoms. The lowest BCUT2D eigenvalue weighted by molar-refractivity contribution is -0.140.